The Hall–Kier alpha value is -2.08. The van der Waals surface area contributed by atoms with Crippen LogP contribution < -0.4 is 10.2 Å². The molecule has 4 unspecified atom stereocenters. The van der Waals surface area contributed by atoms with E-state index in [4.69, 9.17) is 4.74 Å². The summed E-state index contributed by atoms with van der Waals surface area (Å²) in [6.45, 7) is 3.45. The highest BCUT2D eigenvalue weighted by Crippen LogP contribution is 2.45. The molecule has 1 N–H and O–H groups in total. The molecule has 2 aliphatic heterocycles. The fourth-order valence-electron chi connectivity index (χ4n) is 6.94. The molecule has 1 aromatic carbocycles. The molecule has 2 heterocycles. The van der Waals surface area contributed by atoms with E-state index in [0.29, 0.717) is 24.4 Å². The topological polar surface area (TPSA) is 61.9 Å². The minimum atomic E-state index is -0.182. The predicted molar refractivity (Wildman–Crippen MR) is 124 cm³/mol. The highest BCUT2D eigenvalue weighted by molar-refractivity contribution is 5.80. The van der Waals surface area contributed by atoms with Gasteiger partial charge in [0.05, 0.1) is 19.6 Å². The molecule has 5 rings (SSSR count). The maximum Gasteiger partial charge on any atom is 0.310 e. The van der Waals surface area contributed by atoms with Crippen molar-refractivity contribution >= 4 is 17.6 Å². The summed E-state index contributed by atoms with van der Waals surface area (Å²) in [6.07, 6.45) is 8.94. The summed E-state index contributed by atoms with van der Waals surface area (Å²) in [6, 6.07) is 9.28. The van der Waals surface area contributed by atoms with Crippen LogP contribution >= 0.6 is 0 Å². The second kappa shape index (κ2) is 9.42. The quantitative estimate of drug-likeness (QED) is 0.715. The van der Waals surface area contributed by atoms with Crippen LogP contribution in [0.4, 0.5) is 5.69 Å². The van der Waals surface area contributed by atoms with E-state index in [1.807, 2.05) is 0 Å². The molecule has 6 heteroatoms. The van der Waals surface area contributed by atoms with Gasteiger partial charge in [-0.05, 0) is 55.6 Å². The number of ether oxygens (including phenoxy) is 1. The van der Waals surface area contributed by atoms with E-state index in [1.165, 1.54) is 37.6 Å². The number of methoxy groups -OCH3 is 1. The lowest BCUT2D eigenvalue weighted by molar-refractivity contribution is -0.146. The van der Waals surface area contributed by atoms with Crippen LogP contribution in [-0.4, -0.2) is 62.1 Å². The van der Waals surface area contributed by atoms with Crippen molar-refractivity contribution in [1.29, 1.82) is 0 Å². The Morgan fingerprint density at radius 1 is 1.06 bits per heavy atom. The van der Waals surface area contributed by atoms with Crippen LogP contribution in [0.5, 0.6) is 0 Å². The van der Waals surface area contributed by atoms with Gasteiger partial charge in [0, 0.05) is 37.4 Å². The largest absolute Gasteiger partial charge is 0.469 e. The van der Waals surface area contributed by atoms with Crippen molar-refractivity contribution in [3.63, 3.8) is 0 Å². The molecule has 1 amide bonds. The molecular formula is C26H37N3O3. The number of anilines is 1. The Morgan fingerprint density at radius 2 is 1.84 bits per heavy atom. The Balaban J connectivity index is 1.14. The van der Waals surface area contributed by atoms with Gasteiger partial charge in [0.2, 0.25) is 5.91 Å². The number of carbonyl (C=O) groups is 2. The van der Waals surface area contributed by atoms with Gasteiger partial charge in [-0.2, -0.15) is 0 Å². The van der Waals surface area contributed by atoms with Gasteiger partial charge in [-0.1, -0.05) is 37.5 Å². The average molecular weight is 440 g/mol. The number of nitrogens with one attached hydrogen (secondary N) is 1. The van der Waals surface area contributed by atoms with Gasteiger partial charge in [0.15, 0.2) is 0 Å². The Kier molecular flexibility index (Phi) is 6.40. The van der Waals surface area contributed by atoms with E-state index >= 15 is 0 Å². The number of amides is 1. The van der Waals surface area contributed by atoms with E-state index in [9.17, 15) is 9.59 Å². The van der Waals surface area contributed by atoms with E-state index in [-0.39, 0.29) is 23.8 Å². The van der Waals surface area contributed by atoms with Crippen molar-refractivity contribution in [3.05, 3.63) is 29.8 Å². The van der Waals surface area contributed by atoms with E-state index in [1.54, 1.807) is 0 Å². The monoisotopic (exact) mass is 439 g/mol. The van der Waals surface area contributed by atoms with Crippen LogP contribution in [0.1, 0.15) is 50.5 Å². The number of rotatable bonds is 5. The predicted octanol–water partition coefficient (Wildman–Crippen LogP) is 3.00. The summed E-state index contributed by atoms with van der Waals surface area (Å²) in [5.41, 5.74) is 2.87. The van der Waals surface area contributed by atoms with Gasteiger partial charge in [-0.15, -0.1) is 0 Å². The molecular weight excluding hydrogens is 402 g/mol. The van der Waals surface area contributed by atoms with Crippen molar-refractivity contribution < 1.29 is 14.3 Å². The minimum absolute atomic E-state index is 0.0566. The van der Waals surface area contributed by atoms with Crippen molar-refractivity contribution in [1.82, 2.24) is 10.2 Å². The standard InChI is InChI=1S/C26H37N3O3/c1-32-26(31)22-16-19-7-2-4-8-21(19)25(22)27-24(30)17-28-13-11-20(12-14-28)29-15-10-18-6-3-5-9-23(18)29/h3,5-6,9,19-22,25H,2,4,7-8,10-17H2,1H3,(H,27,30). The highest BCUT2D eigenvalue weighted by Gasteiger charge is 2.48. The average Bonchev–Trinajstić information content (AvgIpc) is 3.41. The molecule has 1 aromatic rings. The number of esters is 1. The molecule has 2 saturated carbocycles. The second-order valence-electron chi connectivity index (χ2n) is 10.2. The third-order valence-electron chi connectivity index (χ3n) is 8.54. The summed E-state index contributed by atoms with van der Waals surface area (Å²) in [7, 11) is 1.46. The fourth-order valence-corrected chi connectivity index (χ4v) is 6.94. The fraction of sp³-hybridized carbons (Fsp3) is 0.692. The van der Waals surface area contributed by atoms with Crippen LogP contribution in [0.2, 0.25) is 0 Å². The summed E-state index contributed by atoms with van der Waals surface area (Å²) in [4.78, 5) is 30.2. The lowest BCUT2D eigenvalue weighted by Gasteiger charge is -2.38. The Morgan fingerprint density at radius 3 is 2.66 bits per heavy atom. The number of para-hydroxylation sites is 1. The number of hydrogen-bond donors (Lipinski definition) is 1. The number of nitrogens with zero attached hydrogens (tertiary/aromatic N) is 2. The van der Waals surface area contributed by atoms with Gasteiger partial charge in [0.25, 0.3) is 0 Å². The van der Waals surface area contributed by atoms with E-state index in [2.05, 4.69) is 39.4 Å². The molecule has 0 bridgehead atoms. The van der Waals surface area contributed by atoms with Crippen LogP contribution in [0.3, 0.4) is 0 Å². The molecule has 4 atom stereocenters. The summed E-state index contributed by atoms with van der Waals surface area (Å²) in [5, 5.41) is 3.28. The van der Waals surface area contributed by atoms with Crippen molar-refractivity contribution in [2.24, 2.45) is 17.8 Å². The van der Waals surface area contributed by atoms with Crippen LogP contribution in [0.25, 0.3) is 0 Å². The SMILES string of the molecule is COC(=O)C1CC2CCCCC2C1NC(=O)CN1CCC(N2CCc3ccccc32)CC1. The van der Waals surface area contributed by atoms with Gasteiger partial charge in [-0.25, -0.2) is 0 Å². The molecule has 2 aliphatic carbocycles. The zero-order valence-electron chi connectivity index (χ0n) is 19.3. The van der Waals surface area contributed by atoms with Crippen LogP contribution in [-0.2, 0) is 20.7 Å². The van der Waals surface area contributed by atoms with E-state index in [0.717, 1.165) is 51.7 Å². The van der Waals surface area contributed by atoms with Gasteiger partial charge in [-0.3, -0.25) is 14.5 Å². The zero-order chi connectivity index (χ0) is 22.1. The van der Waals surface area contributed by atoms with Gasteiger partial charge in [0.1, 0.15) is 0 Å². The first-order chi connectivity index (χ1) is 15.6. The van der Waals surface area contributed by atoms with Crippen molar-refractivity contribution in [2.45, 2.75) is 63.5 Å². The third kappa shape index (κ3) is 4.26. The first kappa shape index (κ1) is 21.7. The summed E-state index contributed by atoms with van der Waals surface area (Å²) >= 11 is 0. The molecule has 6 nitrogen and oxygen atoms in total. The molecule has 3 fully saturated rings. The summed E-state index contributed by atoms with van der Waals surface area (Å²) < 4.78 is 5.08. The first-order valence-electron chi connectivity index (χ1n) is 12.6. The normalized spacial score (nSPS) is 30.6. The number of carbonyl (C=O) groups excluding carboxylic acids is 2. The molecule has 1 saturated heterocycles. The lowest BCUT2D eigenvalue weighted by Crippen LogP contribution is -2.51. The molecule has 174 valence electrons. The van der Waals surface area contributed by atoms with Crippen molar-refractivity contribution in [3.8, 4) is 0 Å². The number of piperidine rings is 1. The molecule has 32 heavy (non-hydrogen) atoms. The Bertz CT molecular complexity index is 835. The van der Waals surface area contributed by atoms with Crippen LogP contribution in [0, 0.1) is 17.8 Å². The number of benzene rings is 1. The van der Waals surface area contributed by atoms with Crippen molar-refractivity contribution in [2.75, 3.05) is 38.2 Å². The molecule has 0 aromatic heterocycles. The third-order valence-corrected chi connectivity index (χ3v) is 8.54. The number of fused-ring (bicyclic) bond motifs is 2. The highest BCUT2D eigenvalue weighted by atomic mass is 16.5. The second-order valence-corrected chi connectivity index (χ2v) is 10.2. The first-order valence-corrected chi connectivity index (χ1v) is 12.6. The maximum atomic E-state index is 13.0. The van der Waals surface area contributed by atoms with Crippen LogP contribution in [0.15, 0.2) is 24.3 Å². The van der Waals surface area contributed by atoms with Gasteiger partial charge < -0.3 is 15.0 Å². The minimum Gasteiger partial charge on any atom is -0.469 e. The van der Waals surface area contributed by atoms with Gasteiger partial charge >= 0.3 is 5.97 Å². The Labute approximate surface area is 191 Å². The summed E-state index contributed by atoms with van der Waals surface area (Å²) in [5.74, 6) is 0.713. The molecule has 0 spiro atoms. The molecule has 0 radical (unpaired) electrons. The maximum absolute atomic E-state index is 13.0. The zero-order valence-corrected chi connectivity index (χ0v) is 19.3. The molecule has 4 aliphatic rings. The number of likely N-dealkylation sites (tertiary alicyclic amines) is 1. The smallest absolute Gasteiger partial charge is 0.310 e. The lowest BCUT2D eigenvalue weighted by atomic mass is 9.80. The van der Waals surface area contributed by atoms with E-state index < -0.39 is 0 Å². The number of hydrogen-bond acceptors (Lipinski definition) is 5.